The molecule has 3 unspecified atom stereocenters. The largest absolute Gasteiger partial charge is 0.504 e. The van der Waals surface area contributed by atoms with E-state index in [0.717, 1.165) is 31.8 Å². The Bertz CT molecular complexity index is 685. The van der Waals surface area contributed by atoms with Crippen molar-refractivity contribution in [2.24, 2.45) is 23.2 Å². The number of likely N-dealkylation sites (tertiary alicyclic amines) is 1. The zero-order chi connectivity index (χ0) is 17.0. The number of hydrogen-bond acceptors (Lipinski definition) is 5. The van der Waals surface area contributed by atoms with Crippen LogP contribution in [0.2, 0.25) is 0 Å². The van der Waals surface area contributed by atoms with Gasteiger partial charge in [0.2, 0.25) is 0 Å². The molecule has 2 heterocycles. The average molecular weight is 345 g/mol. The standard InChI is InChI=1S/C20H27NO4/c22-13-4-3-12-9-15-20(24)6-5-14(23)18-19(20,16(12)17(13)25-18)7-8-21(15)10-11-1-2-11/h3-4,11-12,14-16,18,22-24H,1-2,5-10H2/t12?,14?,15-,16?,18+,19+,20-/m1/s1. The average Bonchev–Trinajstić information content (AvgIpc) is 3.32. The molecule has 0 radical (unpaired) electrons. The van der Waals surface area contributed by atoms with Gasteiger partial charge in [-0.1, -0.05) is 6.08 Å². The molecule has 5 nitrogen and oxygen atoms in total. The summed E-state index contributed by atoms with van der Waals surface area (Å²) in [7, 11) is 0. The number of aliphatic hydroxyl groups excluding tert-OH is 2. The lowest BCUT2D eigenvalue weighted by Gasteiger charge is -2.66. The summed E-state index contributed by atoms with van der Waals surface area (Å²) in [5, 5.41) is 33.1. The first-order valence-corrected chi connectivity index (χ1v) is 9.97. The maximum absolute atomic E-state index is 12.0. The summed E-state index contributed by atoms with van der Waals surface area (Å²) in [5.74, 6) is 1.93. The van der Waals surface area contributed by atoms with E-state index in [-0.39, 0.29) is 29.7 Å². The molecule has 1 spiro atoms. The number of aliphatic hydroxyl groups is 3. The van der Waals surface area contributed by atoms with E-state index in [1.54, 1.807) is 6.08 Å². The van der Waals surface area contributed by atoms with Crippen molar-refractivity contribution in [3.05, 3.63) is 23.7 Å². The van der Waals surface area contributed by atoms with Crippen LogP contribution in [-0.2, 0) is 4.74 Å². The van der Waals surface area contributed by atoms with Gasteiger partial charge in [-0.15, -0.1) is 0 Å². The summed E-state index contributed by atoms with van der Waals surface area (Å²) >= 11 is 0. The Labute approximate surface area is 148 Å². The number of ether oxygens (including phenoxy) is 1. The first-order valence-electron chi connectivity index (χ1n) is 9.97. The van der Waals surface area contributed by atoms with Crippen LogP contribution in [0.3, 0.4) is 0 Å². The molecule has 6 aliphatic rings. The molecule has 5 fully saturated rings. The van der Waals surface area contributed by atoms with Crippen LogP contribution in [0.25, 0.3) is 0 Å². The van der Waals surface area contributed by atoms with E-state index in [0.29, 0.717) is 18.6 Å². The van der Waals surface area contributed by atoms with Crippen molar-refractivity contribution >= 4 is 0 Å². The van der Waals surface area contributed by atoms with Gasteiger partial charge in [-0.3, -0.25) is 4.90 Å². The molecule has 3 N–H and O–H groups in total. The Morgan fingerprint density at radius 3 is 2.88 bits per heavy atom. The van der Waals surface area contributed by atoms with Crippen molar-refractivity contribution in [2.75, 3.05) is 13.1 Å². The van der Waals surface area contributed by atoms with Crippen LogP contribution in [0.5, 0.6) is 0 Å². The molecule has 7 atom stereocenters. The minimum atomic E-state index is -0.821. The second-order valence-corrected chi connectivity index (χ2v) is 9.30. The highest BCUT2D eigenvalue weighted by Crippen LogP contribution is 2.69. The van der Waals surface area contributed by atoms with Crippen molar-refractivity contribution in [3.8, 4) is 0 Å². The summed E-state index contributed by atoms with van der Waals surface area (Å²) in [5.41, 5.74) is -1.27. The molecule has 2 saturated heterocycles. The summed E-state index contributed by atoms with van der Waals surface area (Å²) in [6, 6.07) is 0.144. The van der Waals surface area contributed by atoms with Crippen LogP contribution < -0.4 is 0 Å². The van der Waals surface area contributed by atoms with Crippen molar-refractivity contribution in [1.29, 1.82) is 0 Å². The maximum atomic E-state index is 12.0. The van der Waals surface area contributed by atoms with Gasteiger partial charge in [0.1, 0.15) is 11.9 Å². The Morgan fingerprint density at radius 2 is 2.08 bits per heavy atom. The Morgan fingerprint density at radius 1 is 1.24 bits per heavy atom. The van der Waals surface area contributed by atoms with Gasteiger partial charge in [0.25, 0.3) is 0 Å². The SMILES string of the molecule is OC1=C2O[C@H]3C(O)CC[C@@]4(O)[C@H]5CC(C=C1)C2[C@@]34CCN5CC1CC1. The fourth-order valence-electron chi connectivity index (χ4n) is 7.06. The van der Waals surface area contributed by atoms with Crippen LogP contribution >= 0.6 is 0 Å². The first-order chi connectivity index (χ1) is 12.0. The van der Waals surface area contributed by atoms with Crippen LogP contribution in [0.15, 0.2) is 23.7 Å². The highest BCUT2D eigenvalue weighted by atomic mass is 16.5. The van der Waals surface area contributed by atoms with E-state index < -0.39 is 17.1 Å². The van der Waals surface area contributed by atoms with Crippen molar-refractivity contribution < 1.29 is 20.1 Å². The summed E-state index contributed by atoms with van der Waals surface area (Å²) in [6.45, 7) is 2.07. The van der Waals surface area contributed by atoms with E-state index in [9.17, 15) is 15.3 Å². The van der Waals surface area contributed by atoms with Crippen molar-refractivity contribution in [2.45, 2.75) is 62.4 Å². The zero-order valence-corrected chi connectivity index (χ0v) is 14.5. The minimum Gasteiger partial charge on any atom is -0.504 e. The summed E-state index contributed by atoms with van der Waals surface area (Å²) < 4.78 is 6.19. The van der Waals surface area contributed by atoms with Crippen LogP contribution in [0.1, 0.15) is 38.5 Å². The van der Waals surface area contributed by atoms with E-state index in [4.69, 9.17) is 4.74 Å². The minimum absolute atomic E-state index is 0.0155. The highest BCUT2D eigenvalue weighted by Gasteiger charge is 2.76. The molecule has 3 saturated carbocycles. The predicted molar refractivity (Wildman–Crippen MR) is 90.6 cm³/mol. The Kier molecular flexibility index (Phi) is 2.78. The molecule has 25 heavy (non-hydrogen) atoms. The molecule has 5 heteroatoms. The fraction of sp³-hybridized carbons (Fsp3) is 0.800. The van der Waals surface area contributed by atoms with Gasteiger partial charge < -0.3 is 20.1 Å². The molecule has 0 aromatic heterocycles. The number of hydrogen-bond donors (Lipinski definition) is 3. The van der Waals surface area contributed by atoms with Crippen LogP contribution in [0, 0.1) is 23.2 Å². The highest BCUT2D eigenvalue weighted by molar-refractivity contribution is 5.38. The summed E-state index contributed by atoms with van der Waals surface area (Å²) in [6.07, 6.45) is 8.58. The first kappa shape index (κ1) is 15.1. The van der Waals surface area contributed by atoms with Gasteiger partial charge in [-0.05, 0) is 63.0 Å². The molecule has 4 aliphatic carbocycles. The molecule has 0 aromatic carbocycles. The van der Waals surface area contributed by atoms with E-state index in [2.05, 4.69) is 11.0 Å². The van der Waals surface area contributed by atoms with Crippen LogP contribution in [-0.4, -0.2) is 57.2 Å². The third kappa shape index (κ3) is 1.66. The second kappa shape index (κ2) is 4.62. The Hall–Kier alpha value is -1.04. The molecule has 0 amide bonds. The van der Waals surface area contributed by atoms with Gasteiger partial charge in [0.15, 0.2) is 5.76 Å². The number of rotatable bonds is 2. The maximum Gasteiger partial charge on any atom is 0.153 e. The van der Waals surface area contributed by atoms with Crippen LogP contribution in [0.4, 0.5) is 0 Å². The number of allylic oxidation sites excluding steroid dienone is 3. The monoisotopic (exact) mass is 345 g/mol. The normalized spacial score (nSPS) is 53.6. The topological polar surface area (TPSA) is 73.2 Å². The van der Waals surface area contributed by atoms with Gasteiger partial charge >= 0.3 is 0 Å². The third-order valence-corrected chi connectivity index (χ3v) is 8.25. The zero-order valence-electron chi connectivity index (χ0n) is 14.5. The quantitative estimate of drug-likeness (QED) is 0.711. The fourth-order valence-corrected chi connectivity index (χ4v) is 7.06. The number of nitrogens with zero attached hydrogens (tertiary/aromatic N) is 1. The Balaban J connectivity index is 1.50. The molecule has 6 rings (SSSR count). The van der Waals surface area contributed by atoms with Crippen molar-refractivity contribution in [3.63, 3.8) is 0 Å². The number of piperidine rings is 1. The van der Waals surface area contributed by atoms with Gasteiger partial charge in [-0.25, -0.2) is 0 Å². The second-order valence-electron chi connectivity index (χ2n) is 9.30. The van der Waals surface area contributed by atoms with Gasteiger partial charge in [0.05, 0.1) is 17.1 Å². The molecular formula is C20H27NO4. The van der Waals surface area contributed by atoms with E-state index in [1.807, 2.05) is 0 Å². The third-order valence-electron chi connectivity index (χ3n) is 8.25. The molecular weight excluding hydrogens is 318 g/mol. The molecule has 0 aromatic rings. The lowest BCUT2D eigenvalue weighted by atomic mass is 9.44. The smallest absolute Gasteiger partial charge is 0.153 e. The molecule has 2 bridgehead atoms. The van der Waals surface area contributed by atoms with E-state index in [1.165, 1.54) is 12.8 Å². The molecule has 136 valence electrons. The predicted octanol–water partition coefficient (Wildman–Crippen LogP) is 1.72. The van der Waals surface area contributed by atoms with Gasteiger partial charge in [0, 0.05) is 18.5 Å². The van der Waals surface area contributed by atoms with Gasteiger partial charge in [-0.2, -0.15) is 0 Å². The lowest BCUT2D eigenvalue weighted by molar-refractivity contribution is -0.267. The molecule has 2 aliphatic heterocycles. The summed E-state index contributed by atoms with van der Waals surface area (Å²) in [4.78, 5) is 2.54. The lowest BCUT2D eigenvalue weighted by Crippen LogP contribution is -2.77. The van der Waals surface area contributed by atoms with Crippen molar-refractivity contribution in [1.82, 2.24) is 4.90 Å². The van der Waals surface area contributed by atoms with E-state index >= 15 is 0 Å².